The van der Waals surface area contributed by atoms with Gasteiger partial charge in [0.25, 0.3) is 0 Å². The molecule has 5 nitrogen and oxygen atoms in total. The lowest BCUT2D eigenvalue weighted by molar-refractivity contribution is 1.12. The summed E-state index contributed by atoms with van der Waals surface area (Å²) in [5, 5.41) is 7.01. The van der Waals surface area contributed by atoms with E-state index in [1.807, 2.05) is 49.0 Å². The molecule has 0 unspecified atom stereocenters. The van der Waals surface area contributed by atoms with Crippen molar-refractivity contribution in [2.24, 2.45) is 0 Å². The van der Waals surface area contributed by atoms with Gasteiger partial charge in [0, 0.05) is 30.2 Å². The first-order chi connectivity index (χ1) is 9.67. The molecular weight excluding hydrogens is 274 g/mol. The number of benzene rings is 1. The van der Waals surface area contributed by atoms with Crippen LogP contribution in [0.1, 0.15) is 5.56 Å². The molecule has 6 heteroatoms. The first kappa shape index (κ1) is 12.7. The fourth-order valence-corrected chi connectivity index (χ4v) is 2.12. The van der Waals surface area contributed by atoms with E-state index < -0.39 is 0 Å². The van der Waals surface area contributed by atoms with Gasteiger partial charge in [0.05, 0.1) is 6.20 Å². The van der Waals surface area contributed by atoms with Crippen LogP contribution in [0.25, 0.3) is 5.65 Å². The van der Waals surface area contributed by atoms with E-state index >= 15 is 0 Å². The highest BCUT2D eigenvalue weighted by Gasteiger charge is 2.08. The summed E-state index contributed by atoms with van der Waals surface area (Å²) in [5.74, 6) is 1.44. The van der Waals surface area contributed by atoms with E-state index in [4.69, 9.17) is 11.6 Å². The van der Waals surface area contributed by atoms with Gasteiger partial charge in [0.2, 0.25) is 0 Å². The molecule has 0 atom stereocenters. The quantitative estimate of drug-likeness (QED) is 0.774. The van der Waals surface area contributed by atoms with Crippen molar-refractivity contribution in [3.05, 3.63) is 47.4 Å². The number of nitrogens with zero attached hydrogens (tertiary/aromatic N) is 3. The summed E-state index contributed by atoms with van der Waals surface area (Å²) in [6, 6.07) is 5.81. The standard InChI is InChI=1S/C14H14ClN5/c1-9-3-4-10(7-11(9)15)18-13-14-17-5-6-20(14)8-12(16-2)19-13/h3-8,16H,1-2H3,(H,18,19). The fourth-order valence-electron chi connectivity index (χ4n) is 1.94. The highest BCUT2D eigenvalue weighted by molar-refractivity contribution is 6.31. The number of anilines is 3. The van der Waals surface area contributed by atoms with E-state index in [0.29, 0.717) is 5.82 Å². The first-order valence-electron chi connectivity index (χ1n) is 6.22. The maximum Gasteiger partial charge on any atom is 0.180 e. The molecule has 0 bridgehead atoms. The molecule has 0 aliphatic heterocycles. The Morgan fingerprint density at radius 2 is 2.15 bits per heavy atom. The van der Waals surface area contributed by atoms with Crippen molar-refractivity contribution in [2.75, 3.05) is 17.7 Å². The molecule has 1 aromatic carbocycles. The van der Waals surface area contributed by atoms with Crippen LogP contribution in [0.4, 0.5) is 17.3 Å². The van der Waals surface area contributed by atoms with Crippen LogP contribution in [0.2, 0.25) is 5.02 Å². The van der Waals surface area contributed by atoms with Crippen LogP contribution < -0.4 is 10.6 Å². The Morgan fingerprint density at radius 1 is 1.30 bits per heavy atom. The van der Waals surface area contributed by atoms with Crippen LogP contribution in [0.5, 0.6) is 0 Å². The summed E-state index contributed by atoms with van der Waals surface area (Å²) in [6.45, 7) is 1.97. The van der Waals surface area contributed by atoms with Crippen LogP contribution in [0.3, 0.4) is 0 Å². The Balaban J connectivity index is 2.04. The second kappa shape index (κ2) is 5.02. The number of fused-ring (bicyclic) bond motifs is 1. The largest absolute Gasteiger partial charge is 0.372 e. The van der Waals surface area contributed by atoms with Crippen LogP contribution in [-0.4, -0.2) is 21.4 Å². The number of rotatable bonds is 3. The summed E-state index contributed by atoms with van der Waals surface area (Å²) in [7, 11) is 1.83. The summed E-state index contributed by atoms with van der Waals surface area (Å²) >= 11 is 6.14. The van der Waals surface area contributed by atoms with Gasteiger partial charge in [0.1, 0.15) is 5.82 Å². The molecule has 2 aromatic heterocycles. The number of aryl methyl sites for hydroxylation is 1. The second-order valence-corrected chi connectivity index (χ2v) is 4.88. The van der Waals surface area contributed by atoms with Crippen molar-refractivity contribution in [3.8, 4) is 0 Å². The smallest absolute Gasteiger partial charge is 0.180 e. The van der Waals surface area contributed by atoms with E-state index in [1.165, 1.54) is 0 Å². The maximum atomic E-state index is 6.14. The minimum absolute atomic E-state index is 0.682. The van der Waals surface area contributed by atoms with Crippen LogP contribution in [0, 0.1) is 6.92 Å². The van der Waals surface area contributed by atoms with Crippen molar-refractivity contribution >= 4 is 34.6 Å². The summed E-state index contributed by atoms with van der Waals surface area (Å²) in [4.78, 5) is 8.80. The van der Waals surface area contributed by atoms with Crippen LogP contribution in [-0.2, 0) is 0 Å². The molecule has 102 valence electrons. The molecule has 0 spiro atoms. The zero-order valence-corrected chi connectivity index (χ0v) is 11.9. The highest BCUT2D eigenvalue weighted by atomic mass is 35.5. The number of imidazole rings is 1. The average molecular weight is 288 g/mol. The molecule has 20 heavy (non-hydrogen) atoms. The van der Waals surface area contributed by atoms with Crippen molar-refractivity contribution in [1.29, 1.82) is 0 Å². The Labute approximate surface area is 121 Å². The predicted molar refractivity (Wildman–Crippen MR) is 82.0 cm³/mol. The lowest BCUT2D eigenvalue weighted by Crippen LogP contribution is -2.02. The highest BCUT2D eigenvalue weighted by Crippen LogP contribution is 2.25. The fraction of sp³-hybridized carbons (Fsp3) is 0.143. The molecule has 2 N–H and O–H groups in total. The Kier molecular flexibility index (Phi) is 3.20. The minimum atomic E-state index is 0.682. The third kappa shape index (κ3) is 2.28. The van der Waals surface area contributed by atoms with Gasteiger partial charge in [-0.1, -0.05) is 17.7 Å². The van der Waals surface area contributed by atoms with E-state index in [9.17, 15) is 0 Å². The van der Waals surface area contributed by atoms with E-state index in [0.717, 1.165) is 27.7 Å². The van der Waals surface area contributed by atoms with Gasteiger partial charge in [0.15, 0.2) is 11.5 Å². The second-order valence-electron chi connectivity index (χ2n) is 4.47. The van der Waals surface area contributed by atoms with Crippen molar-refractivity contribution in [2.45, 2.75) is 6.92 Å². The molecular formula is C14H14ClN5. The number of nitrogens with one attached hydrogen (secondary N) is 2. The Morgan fingerprint density at radius 3 is 2.90 bits per heavy atom. The molecule has 3 aromatic rings. The van der Waals surface area contributed by atoms with Gasteiger partial charge in [-0.25, -0.2) is 9.97 Å². The molecule has 0 radical (unpaired) electrons. The molecule has 0 saturated heterocycles. The summed E-state index contributed by atoms with van der Waals surface area (Å²) in [5.41, 5.74) is 2.69. The molecule has 0 fully saturated rings. The van der Waals surface area contributed by atoms with Gasteiger partial charge in [-0.2, -0.15) is 0 Å². The number of hydrogen-bond donors (Lipinski definition) is 2. The van der Waals surface area contributed by atoms with E-state index in [1.54, 1.807) is 6.20 Å². The zero-order chi connectivity index (χ0) is 14.1. The SMILES string of the molecule is CNc1cn2ccnc2c(Nc2ccc(C)c(Cl)c2)n1. The van der Waals surface area contributed by atoms with Crippen molar-refractivity contribution in [1.82, 2.24) is 14.4 Å². The first-order valence-corrected chi connectivity index (χ1v) is 6.60. The Bertz CT molecular complexity index is 765. The number of aromatic nitrogens is 3. The third-order valence-corrected chi connectivity index (χ3v) is 3.47. The maximum absolute atomic E-state index is 6.14. The van der Waals surface area contributed by atoms with Gasteiger partial charge in [-0.15, -0.1) is 0 Å². The van der Waals surface area contributed by atoms with Gasteiger partial charge < -0.3 is 15.0 Å². The monoisotopic (exact) mass is 287 g/mol. The molecule has 3 rings (SSSR count). The lowest BCUT2D eigenvalue weighted by atomic mass is 10.2. The minimum Gasteiger partial charge on any atom is -0.372 e. The van der Waals surface area contributed by atoms with Gasteiger partial charge in [-0.3, -0.25) is 0 Å². The normalized spacial score (nSPS) is 10.8. The number of hydrogen-bond acceptors (Lipinski definition) is 4. The molecule has 0 aliphatic carbocycles. The van der Waals surface area contributed by atoms with E-state index in [2.05, 4.69) is 20.6 Å². The van der Waals surface area contributed by atoms with Crippen molar-refractivity contribution in [3.63, 3.8) is 0 Å². The van der Waals surface area contributed by atoms with Gasteiger partial charge in [-0.05, 0) is 24.6 Å². The average Bonchev–Trinajstić information content (AvgIpc) is 2.91. The van der Waals surface area contributed by atoms with Crippen LogP contribution in [0.15, 0.2) is 36.8 Å². The lowest BCUT2D eigenvalue weighted by Gasteiger charge is -2.10. The predicted octanol–water partition coefficient (Wildman–Crippen LogP) is 3.48. The van der Waals surface area contributed by atoms with Gasteiger partial charge >= 0.3 is 0 Å². The number of halogens is 1. The molecule has 0 amide bonds. The Hall–Kier alpha value is -2.27. The molecule has 0 saturated carbocycles. The van der Waals surface area contributed by atoms with E-state index in [-0.39, 0.29) is 0 Å². The molecule has 0 aliphatic rings. The molecule has 2 heterocycles. The third-order valence-electron chi connectivity index (χ3n) is 3.06. The summed E-state index contributed by atoms with van der Waals surface area (Å²) < 4.78 is 1.91. The summed E-state index contributed by atoms with van der Waals surface area (Å²) in [6.07, 6.45) is 5.50. The van der Waals surface area contributed by atoms with Crippen molar-refractivity contribution < 1.29 is 0 Å². The topological polar surface area (TPSA) is 54.2 Å². The zero-order valence-electron chi connectivity index (χ0n) is 11.2. The van der Waals surface area contributed by atoms with Crippen LogP contribution >= 0.6 is 11.6 Å².